The van der Waals surface area contributed by atoms with Gasteiger partial charge in [-0.3, -0.25) is 0 Å². The van der Waals surface area contributed by atoms with Crippen molar-refractivity contribution in [3.63, 3.8) is 0 Å². The predicted molar refractivity (Wildman–Crippen MR) is 134 cm³/mol. The molecule has 0 atom stereocenters. The number of H-pyrrole nitrogens is 1. The molecule has 0 saturated carbocycles. The quantitative estimate of drug-likeness (QED) is 0.250. The van der Waals surface area contributed by atoms with Crippen LogP contribution in [0.3, 0.4) is 0 Å². The summed E-state index contributed by atoms with van der Waals surface area (Å²) in [7, 11) is 0. The van der Waals surface area contributed by atoms with Crippen LogP contribution in [0.25, 0.3) is 11.2 Å². The Morgan fingerprint density at radius 1 is 0.781 bits per heavy atom. The number of anilines is 5. The van der Waals surface area contributed by atoms with Gasteiger partial charge in [-0.25, -0.2) is 0 Å². The van der Waals surface area contributed by atoms with Gasteiger partial charge in [0, 0.05) is 34.5 Å². The van der Waals surface area contributed by atoms with E-state index in [0.717, 1.165) is 48.6 Å². The van der Waals surface area contributed by atoms with Crippen molar-refractivity contribution in [3.05, 3.63) is 58.6 Å². The maximum absolute atomic E-state index is 6.01. The molecule has 0 unspecified atom stereocenters. The van der Waals surface area contributed by atoms with Gasteiger partial charge in [-0.2, -0.15) is 15.0 Å². The lowest BCUT2D eigenvalue weighted by atomic mass is 10.3. The van der Waals surface area contributed by atoms with Crippen LogP contribution in [0.1, 0.15) is 26.7 Å². The molecule has 0 radical (unpaired) electrons. The summed E-state index contributed by atoms with van der Waals surface area (Å²) in [6, 6.07) is 14.9. The van der Waals surface area contributed by atoms with Crippen LogP contribution in [0.5, 0.6) is 0 Å². The van der Waals surface area contributed by atoms with Gasteiger partial charge in [-0.15, -0.1) is 0 Å². The smallest absolute Gasteiger partial charge is 0.231 e. The first-order valence-electron chi connectivity index (χ1n) is 10.6. The zero-order valence-electron chi connectivity index (χ0n) is 18.0. The maximum atomic E-state index is 6.01. The molecule has 4 aromatic rings. The number of nitrogens with zero attached hydrogens (tertiary/aromatic N) is 4. The highest BCUT2D eigenvalue weighted by atomic mass is 35.5. The Balaban J connectivity index is 1.73. The summed E-state index contributed by atoms with van der Waals surface area (Å²) in [5.41, 5.74) is 3.11. The van der Waals surface area contributed by atoms with E-state index < -0.39 is 0 Å². The Labute approximate surface area is 197 Å². The lowest BCUT2D eigenvalue weighted by Gasteiger charge is -2.23. The van der Waals surface area contributed by atoms with Crippen molar-refractivity contribution in [3.8, 4) is 0 Å². The van der Waals surface area contributed by atoms with E-state index in [1.54, 1.807) is 0 Å². The fourth-order valence-electron chi connectivity index (χ4n) is 3.42. The molecule has 7 nitrogen and oxygen atoms in total. The summed E-state index contributed by atoms with van der Waals surface area (Å²) in [5.74, 6) is 1.90. The Bertz CT molecular complexity index is 1170. The molecule has 0 bridgehead atoms. The number of nitrogens with one attached hydrogen (secondary N) is 3. The number of hydrogen-bond acceptors (Lipinski definition) is 6. The lowest BCUT2D eigenvalue weighted by Crippen LogP contribution is -2.26. The SMILES string of the molecule is CCCN(CCC)c1nc(Nc2ccc(Cl)cc2)nc2nc(Nc3ccc(Cl)cc3)[nH]c12. The number of halogens is 2. The molecule has 2 aromatic heterocycles. The summed E-state index contributed by atoms with van der Waals surface area (Å²) in [6.45, 7) is 6.10. The van der Waals surface area contributed by atoms with Gasteiger partial charge in [0.25, 0.3) is 0 Å². The summed E-state index contributed by atoms with van der Waals surface area (Å²) in [5, 5.41) is 7.91. The van der Waals surface area contributed by atoms with Crippen molar-refractivity contribution in [1.29, 1.82) is 0 Å². The maximum Gasteiger partial charge on any atom is 0.231 e. The molecule has 2 heterocycles. The van der Waals surface area contributed by atoms with E-state index in [0.29, 0.717) is 27.6 Å². The second-order valence-electron chi connectivity index (χ2n) is 7.41. The van der Waals surface area contributed by atoms with Crippen LogP contribution in [0, 0.1) is 0 Å². The highest BCUT2D eigenvalue weighted by Crippen LogP contribution is 2.28. The van der Waals surface area contributed by atoms with Gasteiger partial charge >= 0.3 is 0 Å². The van der Waals surface area contributed by atoms with E-state index in [1.807, 2.05) is 48.5 Å². The molecule has 0 aliphatic heterocycles. The van der Waals surface area contributed by atoms with Crippen molar-refractivity contribution in [2.75, 3.05) is 28.6 Å². The fraction of sp³-hybridized carbons (Fsp3) is 0.261. The van der Waals surface area contributed by atoms with Gasteiger partial charge < -0.3 is 20.5 Å². The lowest BCUT2D eigenvalue weighted by molar-refractivity contribution is 0.736. The highest BCUT2D eigenvalue weighted by Gasteiger charge is 2.18. The van der Waals surface area contributed by atoms with Crippen molar-refractivity contribution < 1.29 is 0 Å². The molecule has 3 N–H and O–H groups in total. The molecule has 166 valence electrons. The second-order valence-corrected chi connectivity index (χ2v) is 8.28. The van der Waals surface area contributed by atoms with E-state index >= 15 is 0 Å². The molecular weight excluding hydrogens is 445 g/mol. The van der Waals surface area contributed by atoms with Crippen LogP contribution in [0.2, 0.25) is 10.0 Å². The number of aromatic amines is 1. The third kappa shape index (κ3) is 5.23. The Hall–Kier alpha value is -3.03. The van der Waals surface area contributed by atoms with Crippen LogP contribution in [0.4, 0.5) is 29.1 Å². The Morgan fingerprint density at radius 2 is 1.34 bits per heavy atom. The van der Waals surface area contributed by atoms with Gasteiger partial charge in [0.05, 0.1) is 0 Å². The topological polar surface area (TPSA) is 81.8 Å². The highest BCUT2D eigenvalue weighted by molar-refractivity contribution is 6.30. The van der Waals surface area contributed by atoms with Gasteiger partial charge in [-0.05, 0) is 61.4 Å². The summed E-state index contributed by atoms with van der Waals surface area (Å²) >= 11 is 12.0. The molecule has 0 aliphatic carbocycles. The van der Waals surface area contributed by atoms with Gasteiger partial charge in [-0.1, -0.05) is 37.0 Å². The molecule has 0 fully saturated rings. The standard InChI is InChI=1S/C23H25Cl2N7/c1-3-13-32(14-4-2)21-19-20(29-22(28-19)26-17-9-5-15(24)6-10-17)30-23(31-21)27-18-11-7-16(25)8-12-18/h5-12H,3-4,13-14H2,1-2H3,(H3,26,27,28,29,30,31). The van der Waals surface area contributed by atoms with Crippen molar-refractivity contribution in [2.24, 2.45) is 0 Å². The normalized spacial score (nSPS) is 11.0. The largest absolute Gasteiger partial charge is 0.355 e. The van der Waals surface area contributed by atoms with Gasteiger partial charge in [0.15, 0.2) is 11.5 Å². The molecule has 32 heavy (non-hydrogen) atoms. The van der Waals surface area contributed by atoms with Crippen molar-refractivity contribution in [2.45, 2.75) is 26.7 Å². The van der Waals surface area contributed by atoms with Crippen LogP contribution in [0.15, 0.2) is 48.5 Å². The van der Waals surface area contributed by atoms with Gasteiger partial charge in [0.2, 0.25) is 11.9 Å². The molecule has 0 spiro atoms. The monoisotopic (exact) mass is 469 g/mol. The molecule has 0 saturated heterocycles. The first-order valence-corrected chi connectivity index (χ1v) is 11.4. The van der Waals surface area contributed by atoms with E-state index in [-0.39, 0.29) is 0 Å². The molecule has 2 aromatic carbocycles. The minimum Gasteiger partial charge on any atom is -0.355 e. The molecule has 0 aliphatic rings. The summed E-state index contributed by atoms with van der Waals surface area (Å²) in [6.07, 6.45) is 2.02. The number of imidazole rings is 1. The van der Waals surface area contributed by atoms with E-state index in [1.165, 1.54) is 0 Å². The third-order valence-corrected chi connectivity index (χ3v) is 5.33. The van der Waals surface area contributed by atoms with Crippen LogP contribution >= 0.6 is 23.2 Å². The van der Waals surface area contributed by atoms with Crippen molar-refractivity contribution >= 4 is 63.5 Å². The number of rotatable bonds is 9. The zero-order chi connectivity index (χ0) is 22.5. The second kappa shape index (κ2) is 10.1. The Morgan fingerprint density at radius 3 is 1.91 bits per heavy atom. The summed E-state index contributed by atoms with van der Waals surface area (Å²) in [4.78, 5) is 19.8. The van der Waals surface area contributed by atoms with E-state index in [9.17, 15) is 0 Å². The van der Waals surface area contributed by atoms with Gasteiger partial charge in [0.1, 0.15) is 5.52 Å². The summed E-state index contributed by atoms with van der Waals surface area (Å²) < 4.78 is 0. The van der Waals surface area contributed by atoms with Crippen LogP contribution in [-0.2, 0) is 0 Å². The minimum atomic E-state index is 0.483. The van der Waals surface area contributed by atoms with Crippen LogP contribution < -0.4 is 15.5 Å². The number of hydrogen-bond donors (Lipinski definition) is 3. The molecule has 4 rings (SSSR count). The first kappa shape index (κ1) is 22.2. The zero-order valence-corrected chi connectivity index (χ0v) is 19.5. The average Bonchev–Trinajstić information content (AvgIpc) is 3.18. The number of benzene rings is 2. The third-order valence-electron chi connectivity index (χ3n) is 4.83. The Kier molecular flexibility index (Phi) is 6.97. The predicted octanol–water partition coefficient (Wildman–Crippen LogP) is 6.77. The van der Waals surface area contributed by atoms with E-state index in [4.69, 9.17) is 28.2 Å². The number of fused-ring (bicyclic) bond motifs is 1. The molecular formula is C23H25Cl2N7. The van der Waals surface area contributed by atoms with Crippen LogP contribution in [-0.4, -0.2) is 33.0 Å². The minimum absolute atomic E-state index is 0.483. The molecule has 0 amide bonds. The fourth-order valence-corrected chi connectivity index (χ4v) is 3.67. The molecule has 9 heteroatoms. The van der Waals surface area contributed by atoms with E-state index in [2.05, 4.69) is 44.3 Å². The van der Waals surface area contributed by atoms with Crippen molar-refractivity contribution in [1.82, 2.24) is 19.9 Å². The number of aromatic nitrogens is 4. The average molecular weight is 470 g/mol. The first-order chi connectivity index (χ1) is 15.6.